The number of nitrogens with one attached hydrogen (secondary N) is 1. The summed E-state index contributed by atoms with van der Waals surface area (Å²) in [6, 6.07) is 3.85. The maximum Gasteiger partial charge on any atom is 0.317 e. The first kappa shape index (κ1) is 19.1. The van der Waals surface area contributed by atoms with Crippen LogP contribution in [0.3, 0.4) is 0 Å². The normalized spacial score (nSPS) is 14.7. The van der Waals surface area contributed by atoms with E-state index in [2.05, 4.69) is 25.3 Å². The first-order valence-corrected chi connectivity index (χ1v) is 9.15. The van der Waals surface area contributed by atoms with E-state index in [0.717, 1.165) is 24.5 Å². The number of hydrogen-bond donors (Lipinski definition) is 1. The lowest BCUT2D eigenvalue weighted by Gasteiger charge is -2.35. The molecule has 0 radical (unpaired) electrons. The van der Waals surface area contributed by atoms with Crippen molar-refractivity contribution in [1.29, 1.82) is 0 Å². The van der Waals surface area contributed by atoms with E-state index in [1.54, 1.807) is 13.3 Å². The average Bonchev–Trinajstić information content (AvgIpc) is 3.19. The monoisotopic (exact) mass is 374 g/mol. The van der Waals surface area contributed by atoms with Gasteiger partial charge in [-0.3, -0.25) is 0 Å². The van der Waals surface area contributed by atoms with E-state index < -0.39 is 0 Å². The number of ether oxygens (including phenoxy) is 1. The summed E-state index contributed by atoms with van der Waals surface area (Å²) in [5.74, 6) is 2.25. The molecule has 0 spiro atoms. The van der Waals surface area contributed by atoms with Gasteiger partial charge in [0.2, 0.25) is 11.7 Å². The number of nitrogens with zero attached hydrogens (tertiary/aromatic N) is 5. The van der Waals surface area contributed by atoms with Crippen LogP contribution in [0, 0.1) is 0 Å². The quantitative estimate of drug-likeness (QED) is 0.769. The molecule has 0 saturated carbocycles. The summed E-state index contributed by atoms with van der Waals surface area (Å²) in [6.07, 6.45) is 1.76. The molecular weight excluding hydrogens is 348 g/mol. The molecule has 0 atom stereocenters. The van der Waals surface area contributed by atoms with Crippen LogP contribution in [0.1, 0.15) is 25.7 Å². The van der Waals surface area contributed by atoms with Crippen molar-refractivity contribution in [2.75, 3.05) is 51.3 Å². The van der Waals surface area contributed by atoms with Crippen LogP contribution in [0.5, 0.6) is 0 Å². The van der Waals surface area contributed by atoms with Crippen LogP contribution in [-0.4, -0.2) is 72.5 Å². The van der Waals surface area contributed by atoms with Crippen molar-refractivity contribution in [3.05, 3.63) is 24.2 Å². The van der Waals surface area contributed by atoms with E-state index in [1.165, 1.54) is 0 Å². The number of pyridine rings is 1. The van der Waals surface area contributed by atoms with Gasteiger partial charge in [0.1, 0.15) is 5.82 Å². The zero-order valence-corrected chi connectivity index (χ0v) is 16.0. The summed E-state index contributed by atoms with van der Waals surface area (Å²) in [6.45, 7) is 7.85. The van der Waals surface area contributed by atoms with E-state index in [0.29, 0.717) is 38.0 Å². The van der Waals surface area contributed by atoms with Gasteiger partial charge in [0.05, 0.1) is 6.61 Å². The van der Waals surface area contributed by atoms with Crippen LogP contribution in [-0.2, 0) is 4.74 Å². The third-order valence-corrected chi connectivity index (χ3v) is 4.41. The summed E-state index contributed by atoms with van der Waals surface area (Å²) < 4.78 is 10.2. The smallest absolute Gasteiger partial charge is 0.317 e. The summed E-state index contributed by atoms with van der Waals surface area (Å²) in [4.78, 5) is 25.0. The van der Waals surface area contributed by atoms with E-state index in [-0.39, 0.29) is 11.9 Å². The highest BCUT2D eigenvalue weighted by molar-refractivity contribution is 5.74. The van der Waals surface area contributed by atoms with Crippen LogP contribution >= 0.6 is 0 Å². The molecule has 3 rings (SSSR count). The molecule has 0 aliphatic carbocycles. The molecule has 146 valence electrons. The second kappa shape index (κ2) is 8.81. The van der Waals surface area contributed by atoms with Crippen molar-refractivity contribution in [3.63, 3.8) is 0 Å². The van der Waals surface area contributed by atoms with Crippen LogP contribution < -0.4 is 10.2 Å². The molecule has 2 aromatic rings. The van der Waals surface area contributed by atoms with Crippen molar-refractivity contribution in [3.8, 4) is 11.4 Å². The molecule has 1 saturated heterocycles. The average molecular weight is 374 g/mol. The van der Waals surface area contributed by atoms with Gasteiger partial charge in [0.15, 0.2) is 0 Å². The van der Waals surface area contributed by atoms with Gasteiger partial charge in [-0.15, -0.1) is 0 Å². The number of carbonyl (C=O) groups excluding carboxylic acids is 1. The fraction of sp³-hybridized carbons (Fsp3) is 0.556. The van der Waals surface area contributed by atoms with Gasteiger partial charge in [0, 0.05) is 57.5 Å². The third kappa shape index (κ3) is 4.73. The number of carbonyl (C=O) groups is 1. The van der Waals surface area contributed by atoms with E-state index >= 15 is 0 Å². The van der Waals surface area contributed by atoms with Crippen LogP contribution in [0.2, 0.25) is 0 Å². The van der Waals surface area contributed by atoms with Crippen molar-refractivity contribution < 1.29 is 14.1 Å². The van der Waals surface area contributed by atoms with Crippen LogP contribution in [0.25, 0.3) is 11.4 Å². The van der Waals surface area contributed by atoms with Gasteiger partial charge in [-0.2, -0.15) is 4.98 Å². The number of hydrogen-bond acceptors (Lipinski definition) is 7. The number of amides is 2. The molecule has 1 fully saturated rings. The first-order valence-electron chi connectivity index (χ1n) is 9.15. The number of urea groups is 1. The number of anilines is 1. The van der Waals surface area contributed by atoms with Gasteiger partial charge in [-0.25, -0.2) is 9.78 Å². The van der Waals surface area contributed by atoms with Crippen molar-refractivity contribution in [1.82, 2.24) is 25.3 Å². The van der Waals surface area contributed by atoms with Gasteiger partial charge in [0.25, 0.3) is 0 Å². The number of aromatic nitrogens is 3. The topological polar surface area (TPSA) is 96.6 Å². The summed E-state index contributed by atoms with van der Waals surface area (Å²) >= 11 is 0. The zero-order valence-electron chi connectivity index (χ0n) is 16.0. The third-order valence-electron chi connectivity index (χ3n) is 4.41. The van der Waals surface area contributed by atoms with Gasteiger partial charge >= 0.3 is 6.03 Å². The molecule has 1 N–H and O–H groups in total. The molecule has 9 heteroatoms. The Labute approximate surface area is 158 Å². The van der Waals surface area contributed by atoms with Crippen LogP contribution in [0.4, 0.5) is 10.6 Å². The molecule has 2 aromatic heterocycles. The zero-order chi connectivity index (χ0) is 19.2. The molecule has 0 unspecified atom stereocenters. The summed E-state index contributed by atoms with van der Waals surface area (Å²) in [7, 11) is 1.62. The standard InChI is InChI=1S/C18H26N6O3/c1-13(2)17-21-16(22-27-17)14-4-5-15(20-12-14)23-7-9-24(10-8-23)18(25)19-6-11-26-3/h4-5,12-13H,6-11H2,1-3H3,(H,19,25). The van der Waals surface area contributed by atoms with E-state index in [4.69, 9.17) is 9.26 Å². The minimum absolute atomic E-state index is 0.0481. The maximum atomic E-state index is 12.1. The Morgan fingerprint density at radius 2 is 2.07 bits per heavy atom. The molecular formula is C18H26N6O3. The number of methoxy groups -OCH3 is 1. The van der Waals surface area contributed by atoms with E-state index in [1.807, 2.05) is 30.9 Å². The van der Waals surface area contributed by atoms with Gasteiger partial charge in [-0.1, -0.05) is 19.0 Å². The second-order valence-corrected chi connectivity index (χ2v) is 6.71. The Bertz CT molecular complexity index is 738. The fourth-order valence-electron chi connectivity index (χ4n) is 2.80. The summed E-state index contributed by atoms with van der Waals surface area (Å²) in [5.41, 5.74) is 0.825. The Morgan fingerprint density at radius 1 is 1.30 bits per heavy atom. The molecule has 1 aliphatic rings. The largest absolute Gasteiger partial charge is 0.383 e. The van der Waals surface area contributed by atoms with Gasteiger partial charge < -0.3 is 24.4 Å². The molecule has 0 aromatic carbocycles. The molecule has 2 amide bonds. The Hall–Kier alpha value is -2.68. The SMILES string of the molecule is COCCNC(=O)N1CCN(c2ccc(-c3noc(C(C)C)n3)cn2)CC1. The van der Waals surface area contributed by atoms with Crippen molar-refractivity contribution in [2.45, 2.75) is 19.8 Å². The molecule has 27 heavy (non-hydrogen) atoms. The highest BCUT2D eigenvalue weighted by Gasteiger charge is 2.22. The highest BCUT2D eigenvalue weighted by atomic mass is 16.5. The van der Waals surface area contributed by atoms with Crippen molar-refractivity contribution >= 4 is 11.8 Å². The predicted octanol–water partition coefficient (Wildman–Crippen LogP) is 1.73. The lowest BCUT2D eigenvalue weighted by molar-refractivity contribution is 0.177. The number of piperazine rings is 1. The Morgan fingerprint density at radius 3 is 2.67 bits per heavy atom. The Kier molecular flexibility index (Phi) is 6.23. The van der Waals surface area contributed by atoms with Crippen LogP contribution in [0.15, 0.2) is 22.9 Å². The Balaban J connectivity index is 1.55. The molecule has 0 bridgehead atoms. The molecule has 1 aliphatic heterocycles. The minimum Gasteiger partial charge on any atom is -0.383 e. The lowest BCUT2D eigenvalue weighted by atomic mass is 10.2. The fourth-order valence-corrected chi connectivity index (χ4v) is 2.80. The lowest BCUT2D eigenvalue weighted by Crippen LogP contribution is -2.52. The second-order valence-electron chi connectivity index (χ2n) is 6.71. The number of rotatable bonds is 6. The minimum atomic E-state index is -0.0481. The first-order chi connectivity index (χ1) is 13.1. The summed E-state index contributed by atoms with van der Waals surface area (Å²) in [5, 5.41) is 6.86. The highest BCUT2D eigenvalue weighted by Crippen LogP contribution is 2.21. The molecule has 3 heterocycles. The molecule has 9 nitrogen and oxygen atoms in total. The maximum absolute atomic E-state index is 12.1. The van der Waals surface area contributed by atoms with Crippen molar-refractivity contribution in [2.24, 2.45) is 0 Å². The van der Waals surface area contributed by atoms with E-state index in [9.17, 15) is 4.79 Å². The predicted molar refractivity (Wildman–Crippen MR) is 101 cm³/mol. The van der Waals surface area contributed by atoms with Gasteiger partial charge in [-0.05, 0) is 12.1 Å².